The number of piperidine rings is 1. The van der Waals surface area contributed by atoms with Crippen molar-refractivity contribution in [2.75, 3.05) is 13.1 Å². The largest absolute Gasteiger partial charge is 0.354 e. The molecule has 0 N–H and O–H groups in total. The van der Waals surface area contributed by atoms with Gasteiger partial charge in [-0.05, 0) is 43.4 Å². The average Bonchev–Trinajstić information content (AvgIpc) is 3.15. The minimum atomic E-state index is 0.0969. The molecule has 2 bridgehead atoms. The molecule has 138 valence electrons. The molecular weight excluding hydrogens is 326 g/mol. The van der Waals surface area contributed by atoms with E-state index >= 15 is 0 Å². The van der Waals surface area contributed by atoms with Gasteiger partial charge in [0.05, 0.1) is 0 Å². The molecule has 0 radical (unpaired) electrons. The van der Waals surface area contributed by atoms with Crippen molar-refractivity contribution in [2.45, 2.75) is 51.1 Å². The molecule has 0 aliphatic carbocycles. The second kappa shape index (κ2) is 7.52. The maximum Gasteiger partial charge on any atom is 0.250 e. The Morgan fingerprint density at radius 1 is 1.00 bits per heavy atom. The molecule has 2 aromatic heterocycles. The average molecular weight is 353 g/mol. The van der Waals surface area contributed by atoms with Crippen LogP contribution in [-0.4, -0.2) is 33.0 Å². The third-order valence-corrected chi connectivity index (χ3v) is 5.81. The van der Waals surface area contributed by atoms with Gasteiger partial charge < -0.3 is 14.0 Å². The summed E-state index contributed by atoms with van der Waals surface area (Å²) in [5.41, 5.74) is 1.21. The minimum Gasteiger partial charge on any atom is -0.354 e. The number of nitrogens with zero attached hydrogens (tertiary/aromatic N) is 3. The molecule has 0 saturated carbocycles. The molecule has 1 amide bonds. The normalized spacial score (nSPS) is 21.5. The Kier molecular flexibility index (Phi) is 4.96. The molecule has 2 aliphatic rings. The van der Waals surface area contributed by atoms with Crippen LogP contribution in [0, 0.1) is 5.92 Å². The third-order valence-electron chi connectivity index (χ3n) is 5.81. The predicted molar refractivity (Wildman–Crippen MR) is 101 cm³/mol. The lowest BCUT2D eigenvalue weighted by molar-refractivity contribution is -0.134. The number of amides is 1. The van der Waals surface area contributed by atoms with Gasteiger partial charge in [0.2, 0.25) is 5.91 Å². The zero-order chi connectivity index (χ0) is 17.9. The van der Waals surface area contributed by atoms with E-state index in [0.717, 1.165) is 57.6 Å². The van der Waals surface area contributed by atoms with Crippen LogP contribution in [0.25, 0.3) is 0 Å². The summed E-state index contributed by atoms with van der Waals surface area (Å²) in [7, 11) is 0. The van der Waals surface area contributed by atoms with Crippen LogP contribution < -0.4 is 5.56 Å². The van der Waals surface area contributed by atoms with Crippen LogP contribution in [0.1, 0.15) is 43.7 Å². The van der Waals surface area contributed by atoms with Crippen molar-refractivity contribution in [3.05, 3.63) is 58.8 Å². The lowest BCUT2D eigenvalue weighted by Gasteiger charge is -2.42. The molecular formula is C21H27N3O2. The Bertz CT molecular complexity index is 809. The molecule has 2 aromatic rings. The molecule has 2 aliphatic heterocycles. The van der Waals surface area contributed by atoms with Crippen molar-refractivity contribution in [1.82, 2.24) is 14.0 Å². The SMILES string of the molecule is O=C(CCCCCn1cccc1)N1CC2CC(C1)c1cccc(=O)n1C2. The van der Waals surface area contributed by atoms with E-state index in [0.29, 0.717) is 18.3 Å². The Labute approximate surface area is 154 Å². The van der Waals surface area contributed by atoms with Gasteiger partial charge in [0, 0.05) is 62.7 Å². The zero-order valence-electron chi connectivity index (χ0n) is 15.2. The Morgan fingerprint density at radius 2 is 1.85 bits per heavy atom. The number of hydrogen-bond donors (Lipinski definition) is 0. The van der Waals surface area contributed by atoms with Crippen molar-refractivity contribution in [2.24, 2.45) is 5.92 Å². The van der Waals surface area contributed by atoms with Crippen LogP contribution in [0.5, 0.6) is 0 Å². The number of carbonyl (C=O) groups excluding carboxylic acids is 1. The summed E-state index contributed by atoms with van der Waals surface area (Å²) in [6.07, 6.45) is 9.08. The van der Waals surface area contributed by atoms with Crippen molar-refractivity contribution in [3.8, 4) is 0 Å². The van der Waals surface area contributed by atoms with Gasteiger partial charge in [-0.25, -0.2) is 0 Å². The summed E-state index contributed by atoms with van der Waals surface area (Å²) in [5, 5.41) is 0. The summed E-state index contributed by atoms with van der Waals surface area (Å²) in [6, 6.07) is 9.63. The van der Waals surface area contributed by atoms with Gasteiger partial charge in [-0.15, -0.1) is 0 Å². The Morgan fingerprint density at radius 3 is 2.69 bits per heavy atom. The molecule has 1 saturated heterocycles. The van der Waals surface area contributed by atoms with E-state index in [1.807, 2.05) is 27.7 Å². The molecule has 0 aromatic carbocycles. The van der Waals surface area contributed by atoms with Crippen LogP contribution in [0.4, 0.5) is 0 Å². The van der Waals surface area contributed by atoms with Crippen LogP contribution in [0.15, 0.2) is 47.5 Å². The maximum atomic E-state index is 12.7. The number of likely N-dealkylation sites (tertiary alicyclic amines) is 1. The van der Waals surface area contributed by atoms with Crippen LogP contribution >= 0.6 is 0 Å². The number of aryl methyl sites for hydroxylation is 1. The summed E-state index contributed by atoms with van der Waals surface area (Å²) >= 11 is 0. The molecule has 2 unspecified atom stereocenters. The number of carbonyl (C=O) groups is 1. The highest BCUT2D eigenvalue weighted by Crippen LogP contribution is 2.35. The molecule has 4 heterocycles. The van der Waals surface area contributed by atoms with Gasteiger partial charge in [0.1, 0.15) is 0 Å². The quantitative estimate of drug-likeness (QED) is 0.750. The summed E-state index contributed by atoms with van der Waals surface area (Å²) in [4.78, 5) is 26.8. The highest BCUT2D eigenvalue weighted by atomic mass is 16.2. The smallest absolute Gasteiger partial charge is 0.250 e. The number of unbranched alkanes of at least 4 members (excludes halogenated alkanes) is 2. The third kappa shape index (κ3) is 3.62. The van der Waals surface area contributed by atoms with Crippen molar-refractivity contribution >= 4 is 5.91 Å². The Hall–Kier alpha value is -2.30. The maximum absolute atomic E-state index is 12.7. The fraction of sp³-hybridized carbons (Fsp3) is 0.524. The molecule has 26 heavy (non-hydrogen) atoms. The van der Waals surface area contributed by atoms with E-state index in [1.165, 1.54) is 0 Å². The van der Waals surface area contributed by atoms with Gasteiger partial charge in [-0.3, -0.25) is 9.59 Å². The van der Waals surface area contributed by atoms with E-state index in [4.69, 9.17) is 0 Å². The van der Waals surface area contributed by atoms with Gasteiger partial charge in [0.25, 0.3) is 5.56 Å². The zero-order valence-corrected chi connectivity index (χ0v) is 15.2. The molecule has 5 heteroatoms. The van der Waals surface area contributed by atoms with Crippen LogP contribution in [0.2, 0.25) is 0 Å². The van der Waals surface area contributed by atoms with E-state index in [1.54, 1.807) is 6.07 Å². The molecule has 2 atom stereocenters. The fourth-order valence-corrected chi connectivity index (χ4v) is 4.52. The first-order valence-electron chi connectivity index (χ1n) is 9.79. The van der Waals surface area contributed by atoms with Crippen LogP contribution in [0.3, 0.4) is 0 Å². The lowest BCUT2D eigenvalue weighted by atomic mass is 9.83. The van der Waals surface area contributed by atoms with E-state index in [2.05, 4.69) is 23.0 Å². The molecule has 0 spiro atoms. The summed E-state index contributed by atoms with van der Waals surface area (Å²) in [6.45, 7) is 3.36. The van der Waals surface area contributed by atoms with Gasteiger partial charge in [-0.1, -0.05) is 12.5 Å². The minimum absolute atomic E-state index is 0.0969. The van der Waals surface area contributed by atoms with Crippen molar-refractivity contribution in [1.29, 1.82) is 0 Å². The number of rotatable bonds is 6. The summed E-state index contributed by atoms with van der Waals surface area (Å²) in [5.74, 6) is 1.01. The van der Waals surface area contributed by atoms with Gasteiger partial charge in [0.15, 0.2) is 0 Å². The van der Waals surface area contributed by atoms with Crippen molar-refractivity contribution in [3.63, 3.8) is 0 Å². The number of fused-ring (bicyclic) bond motifs is 4. The highest BCUT2D eigenvalue weighted by molar-refractivity contribution is 5.76. The first-order chi connectivity index (χ1) is 12.7. The van der Waals surface area contributed by atoms with E-state index < -0.39 is 0 Å². The lowest BCUT2D eigenvalue weighted by Crippen LogP contribution is -2.49. The standard InChI is InChI=1S/C21H27N3O2/c25-20(8-2-1-3-10-22-11-4-5-12-22)23-14-17-13-18(16-23)19-7-6-9-21(26)24(19)15-17/h4-7,9,11-12,17-18H,1-3,8,10,13-16H2. The van der Waals surface area contributed by atoms with Crippen LogP contribution in [-0.2, 0) is 17.9 Å². The van der Waals surface area contributed by atoms with Gasteiger partial charge >= 0.3 is 0 Å². The Balaban J connectivity index is 1.28. The fourth-order valence-electron chi connectivity index (χ4n) is 4.52. The number of hydrogen-bond acceptors (Lipinski definition) is 2. The summed E-state index contributed by atoms with van der Waals surface area (Å²) < 4.78 is 4.11. The van der Waals surface area contributed by atoms with Gasteiger partial charge in [-0.2, -0.15) is 0 Å². The number of aromatic nitrogens is 2. The van der Waals surface area contributed by atoms with Crippen molar-refractivity contribution < 1.29 is 4.79 Å². The first kappa shape index (κ1) is 17.1. The van der Waals surface area contributed by atoms with E-state index in [9.17, 15) is 9.59 Å². The molecule has 1 fully saturated rings. The predicted octanol–water partition coefficient (Wildman–Crippen LogP) is 2.86. The molecule has 5 nitrogen and oxygen atoms in total. The second-order valence-electron chi connectivity index (χ2n) is 7.73. The molecule has 4 rings (SSSR count). The second-order valence-corrected chi connectivity index (χ2v) is 7.73. The topological polar surface area (TPSA) is 47.2 Å². The van der Waals surface area contributed by atoms with E-state index in [-0.39, 0.29) is 11.5 Å². The monoisotopic (exact) mass is 353 g/mol. The number of pyridine rings is 1. The first-order valence-corrected chi connectivity index (χ1v) is 9.79. The highest BCUT2D eigenvalue weighted by Gasteiger charge is 2.35.